The predicted molar refractivity (Wildman–Crippen MR) is 71.5 cm³/mol. The predicted octanol–water partition coefficient (Wildman–Crippen LogP) is 1.97. The van der Waals surface area contributed by atoms with E-state index in [1.54, 1.807) is 0 Å². The Labute approximate surface area is 110 Å². The van der Waals surface area contributed by atoms with E-state index in [-0.39, 0.29) is 17.9 Å². The van der Waals surface area contributed by atoms with Gasteiger partial charge in [-0.2, -0.15) is 0 Å². The molecular weight excluding hydrogens is 230 g/mol. The maximum Gasteiger partial charge on any atom is 0.303 e. The minimum absolute atomic E-state index is 0.0693. The van der Waals surface area contributed by atoms with Gasteiger partial charge in [-0.15, -0.1) is 0 Å². The molecule has 0 aromatic carbocycles. The largest absolute Gasteiger partial charge is 0.481 e. The molecule has 0 radical (unpaired) electrons. The molecule has 1 aliphatic rings. The Morgan fingerprint density at radius 3 is 2.33 bits per heavy atom. The molecule has 1 atom stereocenters. The Kier molecular flexibility index (Phi) is 5.60. The molecule has 4 nitrogen and oxygen atoms in total. The van der Waals surface area contributed by atoms with E-state index < -0.39 is 5.97 Å². The molecule has 4 heteroatoms. The van der Waals surface area contributed by atoms with Gasteiger partial charge >= 0.3 is 5.97 Å². The lowest BCUT2D eigenvalue weighted by molar-refractivity contribution is -0.137. The lowest BCUT2D eigenvalue weighted by Crippen LogP contribution is -2.43. The summed E-state index contributed by atoms with van der Waals surface area (Å²) in [6, 6.07) is 0. The van der Waals surface area contributed by atoms with Crippen molar-refractivity contribution in [3.05, 3.63) is 0 Å². The molecule has 18 heavy (non-hydrogen) atoms. The first-order valence-electron chi connectivity index (χ1n) is 6.91. The highest BCUT2D eigenvalue weighted by Crippen LogP contribution is 2.25. The topological polar surface area (TPSA) is 60.8 Å². The van der Waals surface area contributed by atoms with Gasteiger partial charge in [0.1, 0.15) is 0 Å². The van der Waals surface area contributed by atoms with E-state index in [4.69, 9.17) is 5.11 Å². The molecule has 0 aromatic heterocycles. The number of hydrogen-bond donors (Lipinski definition) is 2. The molecule has 1 saturated heterocycles. The highest BCUT2D eigenvalue weighted by Gasteiger charge is 2.27. The molecule has 0 saturated carbocycles. The number of hydrogen-bond acceptors (Lipinski definition) is 3. The van der Waals surface area contributed by atoms with Crippen molar-refractivity contribution in [2.75, 3.05) is 19.6 Å². The second kappa shape index (κ2) is 6.53. The third-order valence-electron chi connectivity index (χ3n) is 3.90. The summed E-state index contributed by atoms with van der Waals surface area (Å²) in [7, 11) is 0. The summed E-state index contributed by atoms with van der Waals surface area (Å²) in [4.78, 5) is 12.8. The third-order valence-corrected chi connectivity index (χ3v) is 3.90. The van der Waals surface area contributed by atoms with Crippen LogP contribution in [0.2, 0.25) is 0 Å². The van der Waals surface area contributed by atoms with Crippen molar-refractivity contribution < 1.29 is 15.0 Å². The summed E-state index contributed by atoms with van der Waals surface area (Å²) in [5, 5.41) is 18.7. The molecule has 0 spiro atoms. The molecular formula is C14H27NO3. The number of carboxylic acid groups (broad SMARTS) is 1. The molecule has 1 heterocycles. The minimum Gasteiger partial charge on any atom is -0.481 e. The summed E-state index contributed by atoms with van der Waals surface area (Å²) in [5.74, 6) is -0.148. The number of aliphatic carboxylic acids is 1. The second-order valence-corrected chi connectivity index (χ2v) is 6.56. The van der Waals surface area contributed by atoms with Crippen LogP contribution in [0.25, 0.3) is 0 Å². The van der Waals surface area contributed by atoms with E-state index in [1.165, 1.54) is 0 Å². The van der Waals surface area contributed by atoms with Gasteiger partial charge in [-0.1, -0.05) is 20.8 Å². The zero-order valence-electron chi connectivity index (χ0n) is 11.9. The van der Waals surface area contributed by atoms with Crippen molar-refractivity contribution in [3.63, 3.8) is 0 Å². The van der Waals surface area contributed by atoms with E-state index in [0.717, 1.165) is 38.9 Å². The average molecular weight is 257 g/mol. The smallest absolute Gasteiger partial charge is 0.303 e. The van der Waals surface area contributed by atoms with Crippen molar-refractivity contribution in [1.82, 2.24) is 4.90 Å². The molecule has 0 amide bonds. The quantitative estimate of drug-likeness (QED) is 0.790. The van der Waals surface area contributed by atoms with Gasteiger partial charge in [0.05, 0.1) is 6.10 Å². The second-order valence-electron chi connectivity index (χ2n) is 6.56. The zero-order chi connectivity index (χ0) is 13.8. The maximum absolute atomic E-state index is 10.5. The number of β-amino-alcohol motifs (C(OH)–C–C–N with tert-alkyl or cyclic N) is 1. The van der Waals surface area contributed by atoms with Crippen molar-refractivity contribution in [2.45, 2.75) is 52.6 Å². The molecule has 106 valence electrons. The fourth-order valence-electron chi connectivity index (χ4n) is 2.30. The van der Waals surface area contributed by atoms with E-state index in [9.17, 15) is 9.90 Å². The Morgan fingerprint density at radius 1 is 1.33 bits per heavy atom. The fraction of sp³-hybridized carbons (Fsp3) is 0.929. The number of nitrogens with zero attached hydrogens (tertiary/aromatic N) is 1. The fourth-order valence-corrected chi connectivity index (χ4v) is 2.30. The van der Waals surface area contributed by atoms with Crippen LogP contribution in [0, 0.1) is 11.3 Å². The molecule has 0 bridgehead atoms. The number of carboxylic acids is 1. The van der Waals surface area contributed by atoms with Crippen LogP contribution < -0.4 is 0 Å². The Bertz CT molecular complexity index is 265. The number of likely N-dealkylation sites (tertiary alicyclic amines) is 1. The van der Waals surface area contributed by atoms with Crippen LogP contribution in [0.15, 0.2) is 0 Å². The van der Waals surface area contributed by atoms with Gasteiger partial charge in [-0.25, -0.2) is 0 Å². The normalized spacial score (nSPS) is 20.9. The first-order chi connectivity index (χ1) is 8.29. The van der Waals surface area contributed by atoms with Crippen LogP contribution in [0.4, 0.5) is 0 Å². The van der Waals surface area contributed by atoms with E-state index >= 15 is 0 Å². The first kappa shape index (κ1) is 15.4. The Hall–Kier alpha value is -0.610. The van der Waals surface area contributed by atoms with Crippen molar-refractivity contribution >= 4 is 5.97 Å². The van der Waals surface area contributed by atoms with Gasteiger partial charge in [-0.3, -0.25) is 4.79 Å². The van der Waals surface area contributed by atoms with Crippen LogP contribution >= 0.6 is 0 Å². The number of aliphatic hydroxyl groups excluding tert-OH is 1. The minimum atomic E-state index is -0.694. The SMILES string of the molecule is CC(C)(C)C(O)CN1CCC(CCC(=O)O)CC1. The molecule has 0 aliphatic carbocycles. The summed E-state index contributed by atoms with van der Waals surface area (Å²) < 4.78 is 0. The number of piperidine rings is 1. The van der Waals surface area contributed by atoms with Gasteiger partial charge in [0.15, 0.2) is 0 Å². The lowest BCUT2D eigenvalue weighted by Gasteiger charge is -2.36. The van der Waals surface area contributed by atoms with Gasteiger partial charge in [0.2, 0.25) is 0 Å². The molecule has 0 aromatic rings. The van der Waals surface area contributed by atoms with Gasteiger partial charge in [-0.05, 0) is 43.7 Å². The number of aliphatic hydroxyl groups is 1. The summed E-state index contributed by atoms with van der Waals surface area (Å²) in [5.41, 5.74) is -0.0693. The summed E-state index contributed by atoms with van der Waals surface area (Å²) in [6.07, 6.45) is 2.90. The van der Waals surface area contributed by atoms with E-state index in [2.05, 4.69) is 25.7 Å². The zero-order valence-corrected chi connectivity index (χ0v) is 11.9. The highest BCUT2D eigenvalue weighted by atomic mass is 16.4. The average Bonchev–Trinajstić information content (AvgIpc) is 2.26. The maximum atomic E-state index is 10.5. The highest BCUT2D eigenvalue weighted by molar-refractivity contribution is 5.66. The lowest BCUT2D eigenvalue weighted by atomic mass is 9.87. The number of rotatable bonds is 5. The standard InChI is InChI=1S/C14H27NO3/c1-14(2,3)12(16)10-15-8-6-11(7-9-15)4-5-13(17)18/h11-12,16H,4-10H2,1-3H3,(H,17,18). The van der Waals surface area contributed by atoms with E-state index in [1.807, 2.05) is 0 Å². The van der Waals surface area contributed by atoms with Crippen molar-refractivity contribution in [2.24, 2.45) is 11.3 Å². The molecule has 1 aliphatic heterocycles. The summed E-state index contributed by atoms with van der Waals surface area (Å²) >= 11 is 0. The Balaban J connectivity index is 2.25. The van der Waals surface area contributed by atoms with Crippen LogP contribution in [-0.4, -0.2) is 46.8 Å². The van der Waals surface area contributed by atoms with Crippen LogP contribution in [0.5, 0.6) is 0 Å². The van der Waals surface area contributed by atoms with Gasteiger partial charge < -0.3 is 15.1 Å². The third kappa shape index (κ3) is 5.36. The first-order valence-corrected chi connectivity index (χ1v) is 6.91. The molecule has 2 N–H and O–H groups in total. The van der Waals surface area contributed by atoms with Crippen LogP contribution in [0.1, 0.15) is 46.5 Å². The molecule has 1 rings (SSSR count). The van der Waals surface area contributed by atoms with Crippen LogP contribution in [0.3, 0.4) is 0 Å². The molecule has 1 fully saturated rings. The van der Waals surface area contributed by atoms with Crippen molar-refractivity contribution in [1.29, 1.82) is 0 Å². The Morgan fingerprint density at radius 2 is 1.89 bits per heavy atom. The van der Waals surface area contributed by atoms with Crippen molar-refractivity contribution in [3.8, 4) is 0 Å². The monoisotopic (exact) mass is 257 g/mol. The van der Waals surface area contributed by atoms with E-state index in [0.29, 0.717) is 5.92 Å². The molecule has 1 unspecified atom stereocenters. The number of carbonyl (C=O) groups is 1. The van der Waals surface area contributed by atoms with Gasteiger partial charge in [0.25, 0.3) is 0 Å². The van der Waals surface area contributed by atoms with Gasteiger partial charge in [0, 0.05) is 13.0 Å². The van der Waals surface area contributed by atoms with Crippen LogP contribution in [-0.2, 0) is 4.79 Å². The summed E-state index contributed by atoms with van der Waals surface area (Å²) in [6.45, 7) is 8.86.